The molecule has 0 saturated carbocycles. The van der Waals surface area contributed by atoms with E-state index in [0.717, 1.165) is 18.5 Å². The highest BCUT2D eigenvalue weighted by molar-refractivity contribution is 7.99. The van der Waals surface area contributed by atoms with E-state index in [0.29, 0.717) is 17.5 Å². The van der Waals surface area contributed by atoms with Crippen molar-refractivity contribution in [2.45, 2.75) is 25.1 Å². The van der Waals surface area contributed by atoms with Crippen LogP contribution in [0.25, 0.3) is 0 Å². The number of non-ortho nitro benzene ring substituents is 1. The Labute approximate surface area is 117 Å². The Balaban J connectivity index is 2.60. The number of nitro benzene ring substituents is 1. The minimum absolute atomic E-state index is 0.0927. The lowest BCUT2D eigenvalue weighted by Gasteiger charge is -2.11. The van der Waals surface area contributed by atoms with Gasteiger partial charge in [-0.1, -0.05) is 6.92 Å². The molecule has 1 aromatic carbocycles. The number of ether oxygens (including phenoxy) is 1. The molecule has 1 aromatic rings. The molecular formula is C13H20N2O3S. The molecule has 0 fully saturated rings. The van der Waals surface area contributed by atoms with Crippen molar-refractivity contribution in [1.82, 2.24) is 5.32 Å². The first-order valence-electron chi connectivity index (χ1n) is 6.13. The normalized spacial score (nSPS) is 12.2. The minimum Gasteiger partial charge on any atom is -0.496 e. The van der Waals surface area contributed by atoms with Crippen molar-refractivity contribution in [1.29, 1.82) is 0 Å². The second-order valence-corrected chi connectivity index (χ2v) is 5.54. The molecule has 0 aromatic heterocycles. The lowest BCUT2D eigenvalue weighted by Crippen LogP contribution is -2.18. The summed E-state index contributed by atoms with van der Waals surface area (Å²) in [6.45, 7) is 3.64. The van der Waals surface area contributed by atoms with E-state index >= 15 is 0 Å². The second kappa shape index (κ2) is 8.01. The molecule has 6 heteroatoms. The highest BCUT2D eigenvalue weighted by Crippen LogP contribution is 2.23. The Kier molecular flexibility index (Phi) is 6.66. The summed E-state index contributed by atoms with van der Waals surface area (Å²) in [6, 6.07) is 4.65. The van der Waals surface area contributed by atoms with E-state index in [4.69, 9.17) is 4.74 Å². The molecule has 1 atom stereocenters. The van der Waals surface area contributed by atoms with Gasteiger partial charge in [0, 0.05) is 29.5 Å². The second-order valence-electron chi connectivity index (χ2n) is 4.27. The summed E-state index contributed by atoms with van der Waals surface area (Å²) in [6.07, 6.45) is 3.16. The fraction of sp³-hybridized carbons (Fsp3) is 0.538. The van der Waals surface area contributed by atoms with E-state index in [-0.39, 0.29) is 5.69 Å². The van der Waals surface area contributed by atoms with Gasteiger partial charge in [0.1, 0.15) is 5.75 Å². The number of methoxy groups -OCH3 is 1. The number of nitrogens with zero attached hydrogens (tertiary/aromatic N) is 1. The predicted octanol–water partition coefficient (Wildman–Crippen LogP) is 2.83. The van der Waals surface area contributed by atoms with Crippen molar-refractivity contribution in [3.05, 3.63) is 33.9 Å². The van der Waals surface area contributed by atoms with E-state index in [1.165, 1.54) is 6.07 Å². The van der Waals surface area contributed by atoms with Crippen LogP contribution in [-0.2, 0) is 6.54 Å². The molecule has 0 aliphatic carbocycles. The zero-order valence-electron chi connectivity index (χ0n) is 11.5. The Bertz CT molecular complexity index is 426. The number of rotatable bonds is 8. The fourth-order valence-electron chi connectivity index (χ4n) is 1.66. The van der Waals surface area contributed by atoms with Crippen LogP contribution in [0.3, 0.4) is 0 Å². The molecule has 0 heterocycles. The van der Waals surface area contributed by atoms with Crippen LogP contribution in [0.5, 0.6) is 5.75 Å². The first-order chi connectivity index (χ1) is 9.08. The largest absolute Gasteiger partial charge is 0.496 e. The number of thioether (sulfide) groups is 1. The quantitative estimate of drug-likeness (QED) is 0.452. The average Bonchev–Trinajstić information content (AvgIpc) is 2.42. The molecule has 5 nitrogen and oxygen atoms in total. The molecule has 0 aliphatic rings. The number of nitro groups is 1. The van der Waals surface area contributed by atoms with Crippen LogP contribution in [0, 0.1) is 10.1 Å². The van der Waals surface area contributed by atoms with Gasteiger partial charge in [0.2, 0.25) is 0 Å². The molecule has 0 aliphatic heterocycles. The van der Waals surface area contributed by atoms with Crippen LogP contribution in [-0.4, -0.2) is 30.1 Å². The SMILES string of the molecule is COc1ccc([N+](=O)[O-])cc1CNCCC(C)SC. The molecule has 106 valence electrons. The number of hydrogen-bond acceptors (Lipinski definition) is 5. The van der Waals surface area contributed by atoms with E-state index in [2.05, 4.69) is 18.5 Å². The van der Waals surface area contributed by atoms with Crippen LogP contribution in [0.15, 0.2) is 18.2 Å². The smallest absolute Gasteiger partial charge is 0.270 e. The standard InChI is InChI=1S/C13H20N2O3S/c1-10(19-3)6-7-14-9-11-8-12(15(16)17)4-5-13(11)18-2/h4-5,8,10,14H,6-7,9H2,1-3H3. The zero-order chi connectivity index (χ0) is 14.3. The summed E-state index contributed by atoms with van der Waals surface area (Å²) in [5.41, 5.74) is 0.906. The topological polar surface area (TPSA) is 64.4 Å². The maximum atomic E-state index is 10.8. The first kappa shape index (κ1) is 15.8. The first-order valence-corrected chi connectivity index (χ1v) is 7.42. The Morgan fingerprint density at radius 2 is 2.26 bits per heavy atom. The van der Waals surface area contributed by atoms with E-state index in [1.54, 1.807) is 19.2 Å². The van der Waals surface area contributed by atoms with Gasteiger partial charge in [-0.15, -0.1) is 0 Å². The highest BCUT2D eigenvalue weighted by atomic mass is 32.2. The maximum Gasteiger partial charge on any atom is 0.270 e. The molecule has 0 spiro atoms. The van der Waals surface area contributed by atoms with E-state index < -0.39 is 4.92 Å². The summed E-state index contributed by atoms with van der Waals surface area (Å²) < 4.78 is 5.21. The predicted molar refractivity (Wildman–Crippen MR) is 78.9 cm³/mol. The van der Waals surface area contributed by atoms with Crippen molar-refractivity contribution >= 4 is 17.4 Å². The molecule has 0 saturated heterocycles. The van der Waals surface area contributed by atoms with Crippen molar-refractivity contribution in [2.75, 3.05) is 19.9 Å². The monoisotopic (exact) mass is 284 g/mol. The minimum atomic E-state index is -0.390. The molecule has 0 radical (unpaired) electrons. The van der Waals surface area contributed by atoms with Gasteiger partial charge in [-0.3, -0.25) is 10.1 Å². The number of nitrogens with one attached hydrogen (secondary N) is 1. The van der Waals surface area contributed by atoms with Crippen LogP contribution >= 0.6 is 11.8 Å². The van der Waals surface area contributed by atoms with Gasteiger partial charge in [0.15, 0.2) is 0 Å². The third kappa shape index (κ3) is 5.08. The van der Waals surface area contributed by atoms with Crippen LogP contribution < -0.4 is 10.1 Å². The molecule has 1 rings (SSSR count). The number of benzene rings is 1. The van der Waals surface area contributed by atoms with Crippen molar-refractivity contribution in [2.24, 2.45) is 0 Å². The van der Waals surface area contributed by atoms with Crippen LogP contribution in [0.4, 0.5) is 5.69 Å². The highest BCUT2D eigenvalue weighted by Gasteiger charge is 2.11. The van der Waals surface area contributed by atoms with Crippen molar-refractivity contribution in [3.63, 3.8) is 0 Å². The van der Waals surface area contributed by atoms with Gasteiger partial charge in [0.05, 0.1) is 12.0 Å². The van der Waals surface area contributed by atoms with Gasteiger partial charge < -0.3 is 10.1 Å². The van der Waals surface area contributed by atoms with Crippen molar-refractivity contribution in [3.8, 4) is 5.75 Å². The third-order valence-corrected chi connectivity index (χ3v) is 3.96. The van der Waals surface area contributed by atoms with Crippen molar-refractivity contribution < 1.29 is 9.66 Å². The summed E-state index contributed by atoms with van der Waals surface area (Å²) in [4.78, 5) is 10.4. The van der Waals surface area contributed by atoms with E-state index in [1.807, 2.05) is 11.8 Å². The molecule has 0 amide bonds. The Morgan fingerprint density at radius 3 is 2.84 bits per heavy atom. The van der Waals surface area contributed by atoms with Gasteiger partial charge in [-0.2, -0.15) is 11.8 Å². The summed E-state index contributed by atoms with van der Waals surface area (Å²) in [5.74, 6) is 0.677. The molecule has 1 N–H and O–H groups in total. The van der Waals surface area contributed by atoms with Gasteiger partial charge in [0.25, 0.3) is 5.69 Å². The van der Waals surface area contributed by atoms with Gasteiger partial charge >= 0.3 is 0 Å². The lowest BCUT2D eigenvalue weighted by molar-refractivity contribution is -0.384. The summed E-state index contributed by atoms with van der Waals surface area (Å²) in [7, 11) is 1.57. The molecule has 19 heavy (non-hydrogen) atoms. The summed E-state index contributed by atoms with van der Waals surface area (Å²) >= 11 is 1.83. The van der Waals surface area contributed by atoms with E-state index in [9.17, 15) is 10.1 Å². The average molecular weight is 284 g/mol. The Hall–Kier alpha value is -1.27. The van der Waals surface area contributed by atoms with Gasteiger partial charge in [-0.05, 0) is 25.3 Å². The zero-order valence-corrected chi connectivity index (χ0v) is 12.3. The maximum absolute atomic E-state index is 10.8. The van der Waals surface area contributed by atoms with Gasteiger partial charge in [-0.25, -0.2) is 0 Å². The lowest BCUT2D eigenvalue weighted by atomic mass is 10.1. The Morgan fingerprint density at radius 1 is 1.53 bits per heavy atom. The van der Waals surface area contributed by atoms with Crippen LogP contribution in [0.1, 0.15) is 18.9 Å². The molecule has 0 bridgehead atoms. The third-order valence-electron chi connectivity index (χ3n) is 2.92. The summed E-state index contributed by atoms with van der Waals surface area (Å²) in [5, 5.41) is 14.7. The number of hydrogen-bond donors (Lipinski definition) is 1. The molecular weight excluding hydrogens is 264 g/mol. The van der Waals surface area contributed by atoms with Crippen LogP contribution in [0.2, 0.25) is 0 Å². The fourth-order valence-corrected chi connectivity index (χ4v) is 2.02. The molecule has 1 unspecified atom stereocenters.